The molecule has 1 atom stereocenters. The van der Waals surface area contributed by atoms with Crippen LogP contribution < -0.4 is 0 Å². The molecule has 2 aliphatic rings. The molecule has 1 aromatic carbocycles. The second-order valence-electron chi connectivity index (χ2n) is 6.35. The maximum absolute atomic E-state index is 14.5. The lowest BCUT2D eigenvalue weighted by atomic mass is 9.80. The Hall–Kier alpha value is -1.54. The van der Waals surface area contributed by atoms with Gasteiger partial charge in [0.15, 0.2) is 5.78 Å². The SMILES string of the molecule is CON1CCC2(CC1)C(=O)C(c1c(F)ccc(C)c1Cl)C(=O)N2OC. The minimum atomic E-state index is -1.29. The highest BCUT2D eigenvalue weighted by Crippen LogP contribution is 2.45. The zero-order chi connectivity index (χ0) is 18.4. The van der Waals surface area contributed by atoms with Crippen LogP contribution in [0.5, 0.6) is 0 Å². The average Bonchev–Trinajstić information content (AvgIpc) is 2.80. The summed E-state index contributed by atoms with van der Waals surface area (Å²) >= 11 is 6.24. The molecule has 0 saturated carbocycles. The molecule has 6 nitrogen and oxygen atoms in total. The minimum absolute atomic E-state index is 0.0650. The minimum Gasteiger partial charge on any atom is -0.302 e. The molecular weight excluding hydrogens is 351 g/mol. The highest BCUT2D eigenvalue weighted by Gasteiger charge is 2.61. The molecule has 136 valence electrons. The lowest BCUT2D eigenvalue weighted by Crippen LogP contribution is -2.55. The fourth-order valence-corrected chi connectivity index (χ4v) is 4.02. The number of piperidine rings is 1. The van der Waals surface area contributed by atoms with Crippen LogP contribution in [0.1, 0.15) is 29.9 Å². The van der Waals surface area contributed by atoms with E-state index in [-0.39, 0.29) is 16.4 Å². The number of Topliss-reactive ketones (excluding diaryl/α,β-unsaturated/α-hetero) is 1. The Bertz CT molecular complexity index is 719. The Labute approximate surface area is 150 Å². The standard InChI is InChI=1S/C17H20ClFN2O4/c1-10-4-5-11(19)12(14(10)18)13-15(22)17(21(25-3)16(13)23)6-8-20(24-2)9-7-17/h4-5,13H,6-9H2,1-3H3. The lowest BCUT2D eigenvalue weighted by molar-refractivity contribution is -0.219. The summed E-state index contributed by atoms with van der Waals surface area (Å²) in [5.41, 5.74) is -0.576. The van der Waals surface area contributed by atoms with Gasteiger partial charge in [0, 0.05) is 18.7 Å². The topological polar surface area (TPSA) is 59.1 Å². The molecule has 0 bridgehead atoms. The maximum atomic E-state index is 14.5. The Morgan fingerprint density at radius 2 is 1.84 bits per heavy atom. The van der Waals surface area contributed by atoms with Crippen LogP contribution >= 0.6 is 11.6 Å². The van der Waals surface area contributed by atoms with Crippen molar-refractivity contribution in [3.8, 4) is 0 Å². The number of nitrogens with zero attached hydrogens (tertiary/aromatic N) is 2. The van der Waals surface area contributed by atoms with Gasteiger partial charge in [-0.25, -0.2) is 9.45 Å². The van der Waals surface area contributed by atoms with Crippen molar-refractivity contribution in [2.45, 2.75) is 31.2 Å². The largest absolute Gasteiger partial charge is 0.302 e. The Morgan fingerprint density at radius 3 is 2.40 bits per heavy atom. The Balaban J connectivity index is 2.06. The van der Waals surface area contributed by atoms with E-state index >= 15 is 0 Å². The predicted octanol–water partition coefficient (Wildman–Crippen LogP) is 2.24. The van der Waals surface area contributed by atoms with Gasteiger partial charge in [-0.1, -0.05) is 17.7 Å². The van der Waals surface area contributed by atoms with E-state index in [1.807, 2.05) is 0 Å². The van der Waals surface area contributed by atoms with Crippen molar-refractivity contribution in [3.05, 3.63) is 34.1 Å². The number of ketones is 1. The molecule has 2 aliphatic heterocycles. The van der Waals surface area contributed by atoms with Crippen molar-refractivity contribution in [2.75, 3.05) is 27.3 Å². The molecule has 0 radical (unpaired) electrons. The highest BCUT2D eigenvalue weighted by molar-refractivity contribution is 6.33. The van der Waals surface area contributed by atoms with Crippen LogP contribution in [0.3, 0.4) is 0 Å². The van der Waals surface area contributed by atoms with Gasteiger partial charge < -0.3 is 4.84 Å². The van der Waals surface area contributed by atoms with Gasteiger partial charge in [-0.3, -0.25) is 14.4 Å². The third kappa shape index (κ3) is 2.66. The first-order valence-corrected chi connectivity index (χ1v) is 8.41. The monoisotopic (exact) mass is 370 g/mol. The molecule has 2 saturated heterocycles. The van der Waals surface area contributed by atoms with Crippen molar-refractivity contribution in [2.24, 2.45) is 0 Å². The number of halogens is 2. The van der Waals surface area contributed by atoms with Gasteiger partial charge in [-0.15, -0.1) is 0 Å². The van der Waals surface area contributed by atoms with Crippen molar-refractivity contribution in [1.29, 1.82) is 0 Å². The van der Waals surface area contributed by atoms with Crippen molar-refractivity contribution >= 4 is 23.3 Å². The maximum Gasteiger partial charge on any atom is 0.262 e. The first kappa shape index (κ1) is 18.3. The first-order valence-electron chi connectivity index (χ1n) is 8.03. The molecule has 1 amide bonds. The summed E-state index contributed by atoms with van der Waals surface area (Å²) in [4.78, 5) is 36.6. The van der Waals surface area contributed by atoms with E-state index in [4.69, 9.17) is 21.3 Å². The van der Waals surface area contributed by atoms with Crippen molar-refractivity contribution < 1.29 is 23.7 Å². The number of hydroxylamine groups is 4. The number of carbonyl (C=O) groups is 2. The number of aryl methyl sites for hydroxylation is 1. The normalized spacial score (nSPS) is 23.7. The zero-order valence-electron chi connectivity index (χ0n) is 14.3. The van der Waals surface area contributed by atoms with E-state index in [0.29, 0.717) is 31.5 Å². The number of carbonyl (C=O) groups excluding carboxylic acids is 2. The van der Waals surface area contributed by atoms with Gasteiger partial charge in [0.05, 0.1) is 19.2 Å². The second kappa shape index (κ2) is 6.64. The highest BCUT2D eigenvalue weighted by atomic mass is 35.5. The summed E-state index contributed by atoms with van der Waals surface area (Å²) in [5, 5.41) is 2.92. The van der Waals surface area contributed by atoms with Gasteiger partial charge in [-0.05, 0) is 31.4 Å². The quantitative estimate of drug-likeness (QED) is 0.764. The van der Waals surface area contributed by atoms with Crippen molar-refractivity contribution in [3.63, 3.8) is 0 Å². The van der Waals surface area contributed by atoms with E-state index in [1.54, 1.807) is 19.1 Å². The number of hydrogen-bond acceptors (Lipinski definition) is 5. The summed E-state index contributed by atoms with van der Waals surface area (Å²) in [6.45, 7) is 2.63. The molecule has 1 unspecified atom stereocenters. The van der Waals surface area contributed by atoms with Crippen LogP contribution in [-0.4, -0.2) is 54.7 Å². The van der Waals surface area contributed by atoms with Gasteiger partial charge in [0.25, 0.3) is 5.91 Å². The fourth-order valence-electron chi connectivity index (χ4n) is 3.76. The molecule has 2 heterocycles. The average molecular weight is 371 g/mol. The van der Waals surface area contributed by atoms with Gasteiger partial charge in [0.2, 0.25) is 0 Å². The van der Waals surface area contributed by atoms with E-state index < -0.39 is 23.2 Å². The first-order chi connectivity index (χ1) is 11.9. The van der Waals surface area contributed by atoms with Crippen LogP contribution in [0, 0.1) is 12.7 Å². The fraction of sp³-hybridized carbons (Fsp3) is 0.529. The number of benzene rings is 1. The van der Waals surface area contributed by atoms with Gasteiger partial charge in [-0.2, -0.15) is 5.06 Å². The summed E-state index contributed by atoms with van der Waals surface area (Å²) in [6.07, 6.45) is 0.696. The lowest BCUT2D eigenvalue weighted by Gasteiger charge is -2.40. The predicted molar refractivity (Wildman–Crippen MR) is 88.3 cm³/mol. The molecule has 1 aromatic rings. The van der Waals surface area contributed by atoms with E-state index in [2.05, 4.69) is 0 Å². The molecule has 25 heavy (non-hydrogen) atoms. The van der Waals surface area contributed by atoms with Crippen LogP contribution in [-0.2, 0) is 19.3 Å². The van der Waals surface area contributed by atoms with Crippen LogP contribution in [0.15, 0.2) is 12.1 Å². The number of hydrogen-bond donors (Lipinski definition) is 0. The molecular formula is C17H20ClFN2O4. The summed E-state index contributed by atoms with van der Waals surface area (Å²) in [6, 6.07) is 2.75. The summed E-state index contributed by atoms with van der Waals surface area (Å²) in [5.74, 6) is -2.91. The van der Waals surface area contributed by atoms with Gasteiger partial charge in [0.1, 0.15) is 17.3 Å². The summed E-state index contributed by atoms with van der Waals surface area (Å²) < 4.78 is 14.5. The van der Waals surface area contributed by atoms with Crippen LogP contribution in [0.25, 0.3) is 0 Å². The van der Waals surface area contributed by atoms with Gasteiger partial charge >= 0.3 is 0 Å². The van der Waals surface area contributed by atoms with E-state index in [0.717, 1.165) is 5.06 Å². The third-order valence-electron chi connectivity index (χ3n) is 5.16. The molecule has 1 spiro atoms. The zero-order valence-corrected chi connectivity index (χ0v) is 15.1. The number of rotatable bonds is 3. The molecule has 0 aromatic heterocycles. The molecule has 0 aliphatic carbocycles. The van der Waals surface area contributed by atoms with Crippen molar-refractivity contribution in [1.82, 2.24) is 10.1 Å². The van der Waals surface area contributed by atoms with Crippen LogP contribution in [0.2, 0.25) is 5.02 Å². The second-order valence-corrected chi connectivity index (χ2v) is 6.73. The third-order valence-corrected chi connectivity index (χ3v) is 5.66. The summed E-state index contributed by atoms with van der Waals surface area (Å²) in [7, 11) is 2.89. The van der Waals surface area contributed by atoms with E-state index in [1.165, 1.54) is 19.2 Å². The molecule has 0 N–H and O–H groups in total. The molecule has 3 rings (SSSR count). The smallest absolute Gasteiger partial charge is 0.262 e. The molecule has 2 fully saturated rings. The molecule has 8 heteroatoms. The number of amides is 1. The van der Waals surface area contributed by atoms with Crippen LogP contribution in [0.4, 0.5) is 4.39 Å². The van der Waals surface area contributed by atoms with E-state index in [9.17, 15) is 14.0 Å². The Morgan fingerprint density at radius 1 is 1.20 bits per heavy atom. The Kier molecular flexibility index (Phi) is 4.85.